The van der Waals surface area contributed by atoms with Crippen molar-refractivity contribution in [1.82, 2.24) is 14.8 Å². The first kappa shape index (κ1) is 21.7. The van der Waals surface area contributed by atoms with Crippen molar-refractivity contribution in [3.63, 3.8) is 0 Å². The van der Waals surface area contributed by atoms with Gasteiger partial charge < -0.3 is 10.6 Å². The van der Waals surface area contributed by atoms with Crippen LogP contribution in [0.1, 0.15) is 29.5 Å². The van der Waals surface area contributed by atoms with E-state index < -0.39 is 15.3 Å². The van der Waals surface area contributed by atoms with Gasteiger partial charge in [0.25, 0.3) is 0 Å². The number of sulfonamides is 1. The molecule has 0 radical (unpaired) electrons. The number of hydrazine groups is 1. The first-order valence-corrected chi connectivity index (χ1v) is 12.8. The van der Waals surface area contributed by atoms with Crippen molar-refractivity contribution in [2.24, 2.45) is 5.92 Å². The van der Waals surface area contributed by atoms with Gasteiger partial charge in [-0.3, -0.25) is 5.43 Å². The Morgan fingerprint density at radius 3 is 2.85 bits per heavy atom. The van der Waals surface area contributed by atoms with E-state index in [1.165, 1.54) is 11.3 Å². The highest BCUT2D eigenvalue weighted by molar-refractivity contribution is 7.90. The molecule has 172 valence electrons. The van der Waals surface area contributed by atoms with Crippen LogP contribution in [0.15, 0.2) is 54.7 Å². The van der Waals surface area contributed by atoms with Crippen molar-refractivity contribution in [1.29, 1.82) is 0 Å². The molecule has 2 unspecified atom stereocenters. The number of aromatic nitrogens is 2. The van der Waals surface area contributed by atoms with Gasteiger partial charge >= 0.3 is 0 Å². The monoisotopic (exact) mass is 464 g/mol. The summed E-state index contributed by atoms with van der Waals surface area (Å²) in [4.78, 5) is 11.2. The molecule has 2 heterocycles. The topological polar surface area (TPSA) is 108 Å². The molecule has 1 fully saturated rings. The van der Waals surface area contributed by atoms with Gasteiger partial charge in [-0.25, -0.2) is 13.4 Å². The summed E-state index contributed by atoms with van der Waals surface area (Å²) in [5.74, 6) is 0.955. The molecule has 2 aliphatic rings. The van der Waals surface area contributed by atoms with E-state index in [2.05, 4.69) is 43.0 Å². The van der Waals surface area contributed by atoms with E-state index in [-0.39, 0.29) is 11.9 Å². The Morgan fingerprint density at radius 2 is 2.00 bits per heavy atom. The van der Waals surface area contributed by atoms with E-state index in [4.69, 9.17) is 0 Å². The van der Waals surface area contributed by atoms with Crippen molar-refractivity contribution in [3.05, 3.63) is 71.4 Å². The van der Waals surface area contributed by atoms with E-state index in [0.29, 0.717) is 12.2 Å². The van der Waals surface area contributed by atoms with Crippen molar-refractivity contribution in [3.8, 4) is 0 Å². The van der Waals surface area contributed by atoms with Crippen LogP contribution in [0.3, 0.4) is 0 Å². The van der Waals surface area contributed by atoms with Crippen LogP contribution < -0.4 is 20.9 Å². The molecular formula is C24H28N6O2S. The molecule has 0 saturated heterocycles. The maximum atomic E-state index is 12.7. The number of rotatable bonds is 8. The third-order valence-electron chi connectivity index (χ3n) is 6.18. The third-order valence-corrected chi connectivity index (χ3v) is 7.94. The van der Waals surface area contributed by atoms with Crippen LogP contribution in [0.5, 0.6) is 0 Å². The fraction of sp³-hybridized carbons (Fsp3) is 0.333. The molecule has 1 saturated carbocycles. The lowest BCUT2D eigenvalue weighted by molar-refractivity contribution is 0.582. The van der Waals surface area contributed by atoms with E-state index >= 15 is 0 Å². The summed E-state index contributed by atoms with van der Waals surface area (Å²) in [5.41, 5.74) is 8.09. The van der Waals surface area contributed by atoms with Gasteiger partial charge in [0.1, 0.15) is 5.82 Å². The highest BCUT2D eigenvalue weighted by Gasteiger charge is 2.47. The number of anilines is 4. The Kier molecular flexibility index (Phi) is 5.90. The van der Waals surface area contributed by atoms with Crippen LogP contribution in [-0.2, 0) is 22.9 Å². The van der Waals surface area contributed by atoms with E-state index in [0.717, 1.165) is 42.6 Å². The molecule has 2 atom stereocenters. The largest absolute Gasteiger partial charge is 0.385 e. The standard InChI is InChI=1S/C24H28N6O2S/c1-16-15-26-24(28-23(16)27-20-9-10-21-18(13-20)8-5-11-25-21)29-30-33(31,32)22-14-19(22)12-17-6-3-2-4-7-17/h2-4,6-7,9-10,13,15,19,22,25,30H,5,8,11-12,14H2,1H3,(H2,26,27,28,29). The van der Waals surface area contributed by atoms with Crippen molar-refractivity contribution >= 4 is 33.2 Å². The number of nitrogens with zero attached hydrogens (tertiary/aromatic N) is 2. The van der Waals surface area contributed by atoms with Crippen LogP contribution in [0.25, 0.3) is 0 Å². The van der Waals surface area contributed by atoms with Gasteiger partial charge in [0.05, 0.1) is 5.25 Å². The molecule has 4 N–H and O–H groups in total. The van der Waals surface area contributed by atoms with Crippen LogP contribution in [-0.4, -0.2) is 30.2 Å². The second-order valence-corrected chi connectivity index (χ2v) is 10.6. The molecule has 8 nitrogen and oxygen atoms in total. The first-order valence-electron chi connectivity index (χ1n) is 11.3. The Balaban J connectivity index is 1.21. The number of hydrogen-bond acceptors (Lipinski definition) is 7. The molecular weight excluding hydrogens is 436 g/mol. The van der Waals surface area contributed by atoms with Gasteiger partial charge in [0, 0.05) is 29.7 Å². The molecule has 1 aliphatic carbocycles. The van der Waals surface area contributed by atoms with Gasteiger partial charge in [-0.15, -0.1) is 4.83 Å². The van der Waals surface area contributed by atoms with E-state index in [9.17, 15) is 8.42 Å². The molecule has 2 aromatic carbocycles. The molecule has 1 aliphatic heterocycles. The smallest absolute Gasteiger partial charge is 0.240 e. The van der Waals surface area contributed by atoms with E-state index in [1.54, 1.807) is 6.20 Å². The second-order valence-electron chi connectivity index (χ2n) is 8.75. The zero-order valence-electron chi connectivity index (χ0n) is 18.5. The summed E-state index contributed by atoms with van der Waals surface area (Å²) in [6.07, 6.45) is 5.24. The van der Waals surface area contributed by atoms with Gasteiger partial charge in [-0.05, 0) is 67.9 Å². The van der Waals surface area contributed by atoms with Crippen LogP contribution in [0.4, 0.5) is 23.1 Å². The Labute approximate surface area is 194 Å². The summed E-state index contributed by atoms with van der Waals surface area (Å²) >= 11 is 0. The number of nitrogens with one attached hydrogen (secondary N) is 4. The Hall–Kier alpha value is -3.17. The van der Waals surface area contributed by atoms with Crippen molar-refractivity contribution in [2.45, 2.75) is 37.9 Å². The second kappa shape index (κ2) is 8.99. The van der Waals surface area contributed by atoms with Gasteiger partial charge in [0.15, 0.2) is 0 Å². The minimum absolute atomic E-state index is 0.126. The summed E-state index contributed by atoms with van der Waals surface area (Å²) in [6, 6.07) is 16.2. The molecule has 9 heteroatoms. The highest BCUT2D eigenvalue weighted by Crippen LogP contribution is 2.39. The predicted octanol–water partition coefficient (Wildman–Crippen LogP) is 3.76. The fourth-order valence-corrected chi connectivity index (χ4v) is 5.73. The maximum Gasteiger partial charge on any atom is 0.240 e. The van der Waals surface area contributed by atoms with Crippen molar-refractivity contribution < 1.29 is 8.42 Å². The molecule has 3 aromatic rings. The minimum Gasteiger partial charge on any atom is -0.385 e. The Morgan fingerprint density at radius 1 is 1.15 bits per heavy atom. The minimum atomic E-state index is -3.52. The number of aryl methyl sites for hydroxylation is 2. The molecule has 0 bridgehead atoms. The summed E-state index contributed by atoms with van der Waals surface area (Å²) < 4.78 is 25.4. The van der Waals surface area contributed by atoms with Gasteiger partial charge in [-0.2, -0.15) is 4.98 Å². The average molecular weight is 465 g/mol. The van der Waals surface area contributed by atoms with Crippen LogP contribution >= 0.6 is 0 Å². The fourth-order valence-electron chi connectivity index (χ4n) is 4.24. The SMILES string of the molecule is Cc1cnc(NNS(=O)(=O)C2CC2Cc2ccccc2)nc1Nc1ccc2c(c1)CCCN2. The lowest BCUT2D eigenvalue weighted by atomic mass is 10.0. The molecule has 33 heavy (non-hydrogen) atoms. The van der Waals surface area contributed by atoms with Gasteiger partial charge in [-0.1, -0.05) is 30.3 Å². The normalized spacial score (nSPS) is 19.3. The number of benzene rings is 2. The molecule has 0 amide bonds. The average Bonchev–Trinajstić information content (AvgIpc) is 3.60. The number of fused-ring (bicyclic) bond motifs is 1. The first-order chi connectivity index (χ1) is 16.0. The zero-order valence-corrected chi connectivity index (χ0v) is 19.3. The van der Waals surface area contributed by atoms with Crippen LogP contribution in [0.2, 0.25) is 0 Å². The van der Waals surface area contributed by atoms with Crippen LogP contribution in [0, 0.1) is 12.8 Å². The van der Waals surface area contributed by atoms with Crippen molar-refractivity contribution in [2.75, 3.05) is 22.6 Å². The zero-order chi connectivity index (χ0) is 22.8. The number of hydrogen-bond donors (Lipinski definition) is 4. The lowest BCUT2D eigenvalue weighted by Gasteiger charge is -2.19. The molecule has 1 aromatic heterocycles. The summed E-state index contributed by atoms with van der Waals surface area (Å²) in [7, 11) is -3.52. The summed E-state index contributed by atoms with van der Waals surface area (Å²) in [6.45, 7) is 2.91. The van der Waals surface area contributed by atoms with Gasteiger partial charge in [0.2, 0.25) is 16.0 Å². The van der Waals surface area contributed by atoms with E-state index in [1.807, 2.05) is 43.3 Å². The molecule has 5 rings (SSSR count). The predicted molar refractivity (Wildman–Crippen MR) is 131 cm³/mol. The highest BCUT2D eigenvalue weighted by atomic mass is 32.2. The lowest BCUT2D eigenvalue weighted by Crippen LogP contribution is -2.34. The summed E-state index contributed by atoms with van der Waals surface area (Å²) in [5, 5.41) is 6.34. The Bertz CT molecular complexity index is 1250. The molecule has 0 spiro atoms. The quantitative estimate of drug-likeness (QED) is 0.376. The maximum absolute atomic E-state index is 12.7. The third kappa shape index (κ3) is 5.09.